The van der Waals surface area contributed by atoms with Gasteiger partial charge in [0.1, 0.15) is 5.69 Å². The summed E-state index contributed by atoms with van der Waals surface area (Å²) in [6, 6.07) is 3.92. The normalized spacial score (nSPS) is 20.6. The van der Waals surface area contributed by atoms with Crippen LogP contribution < -0.4 is 5.43 Å². The molecule has 10 heteroatoms. The van der Waals surface area contributed by atoms with E-state index < -0.39 is 14.9 Å². The first-order chi connectivity index (χ1) is 11.5. The lowest BCUT2D eigenvalue weighted by molar-refractivity contribution is -0.384. The first-order valence-corrected chi connectivity index (χ1v) is 10.3. The van der Waals surface area contributed by atoms with E-state index in [9.17, 15) is 18.5 Å². The van der Waals surface area contributed by atoms with E-state index in [2.05, 4.69) is 10.5 Å². The highest BCUT2D eigenvalue weighted by atomic mass is 32.2. The molecule has 0 aromatic heterocycles. The van der Waals surface area contributed by atoms with Crippen LogP contribution in [-0.4, -0.2) is 48.0 Å². The summed E-state index contributed by atoms with van der Waals surface area (Å²) < 4.78 is 26.5. The minimum absolute atomic E-state index is 0.0503. The molecule has 0 saturated carbocycles. The highest BCUT2D eigenvalue weighted by Gasteiger charge is 2.29. The summed E-state index contributed by atoms with van der Waals surface area (Å²) in [4.78, 5) is 10.7. The van der Waals surface area contributed by atoms with Gasteiger partial charge in [-0.05, 0) is 37.1 Å². The summed E-state index contributed by atoms with van der Waals surface area (Å²) >= 11 is 1.76. The Bertz CT molecular complexity index is 765. The first kappa shape index (κ1) is 17.2. The van der Waals surface area contributed by atoms with Crippen molar-refractivity contribution in [3.63, 3.8) is 0 Å². The lowest BCUT2D eigenvalue weighted by Crippen LogP contribution is -2.27. The van der Waals surface area contributed by atoms with Gasteiger partial charge in [0.15, 0.2) is 0 Å². The molecule has 2 heterocycles. The Morgan fingerprint density at radius 1 is 1.29 bits per heavy atom. The molecule has 2 fully saturated rings. The standard InChI is InChI=1S/C14H18N4O4S2/c19-18(20)14-9-12(24(21,22)17-6-1-2-7-17)3-4-13(14)16-15-11-5-8-23-10-11/h3-4,9,16H,1-2,5-8,10H2/b15-11+. The van der Waals surface area contributed by atoms with E-state index >= 15 is 0 Å². The van der Waals surface area contributed by atoms with Crippen molar-refractivity contribution in [1.29, 1.82) is 0 Å². The molecule has 0 atom stereocenters. The van der Waals surface area contributed by atoms with Gasteiger partial charge in [-0.1, -0.05) is 0 Å². The van der Waals surface area contributed by atoms with E-state index in [-0.39, 0.29) is 16.3 Å². The van der Waals surface area contributed by atoms with Gasteiger partial charge < -0.3 is 0 Å². The minimum atomic E-state index is -3.68. The number of benzene rings is 1. The second-order valence-corrected chi connectivity index (χ2v) is 8.68. The van der Waals surface area contributed by atoms with Crippen molar-refractivity contribution < 1.29 is 13.3 Å². The molecule has 0 aliphatic carbocycles. The number of nitrogens with zero attached hydrogens (tertiary/aromatic N) is 3. The third-order valence-electron chi connectivity index (χ3n) is 4.01. The maximum Gasteiger partial charge on any atom is 0.295 e. The molecule has 8 nitrogen and oxygen atoms in total. The number of anilines is 1. The van der Waals surface area contributed by atoms with Gasteiger partial charge in [0.2, 0.25) is 10.0 Å². The van der Waals surface area contributed by atoms with Crippen molar-refractivity contribution in [2.24, 2.45) is 5.10 Å². The Labute approximate surface area is 144 Å². The Hall–Kier alpha value is -1.65. The van der Waals surface area contributed by atoms with E-state index in [1.165, 1.54) is 16.4 Å². The van der Waals surface area contributed by atoms with Crippen LogP contribution in [0.1, 0.15) is 19.3 Å². The third kappa shape index (κ3) is 3.55. The Morgan fingerprint density at radius 2 is 2.04 bits per heavy atom. The van der Waals surface area contributed by atoms with Crippen LogP contribution in [0.15, 0.2) is 28.2 Å². The SMILES string of the molecule is O=[N+]([O-])c1cc(S(=O)(=O)N2CCCC2)ccc1N/N=C1\CCSC1. The van der Waals surface area contributed by atoms with Crippen LogP contribution in [0, 0.1) is 10.1 Å². The fourth-order valence-electron chi connectivity index (χ4n) is 2.67. The van der Waals surface area contributed by atoms with Crippen molar-refractivity contribution in [2.75, 3.05) is 30.0 Å². The number of hydrazone groups is 1. The van der Waals surface area contributed by atoms with Crippen molar-refractivity contribution >= 4 is 38.9 Å². The zero-order valence-electron chi connectivity index (χ0n) is 13.0. The molecule has 3 rings (SSSR count). The molecule has 24 heavy (non-hydrogen) atoms. The van der Waals surface area contributed by atoms with Gasteiger partial charge in [0.25, 0.3) is 5.69 Å². The molecule has 0 amide bonds. The number of hydrogen-bond donors (Lipinski definition) is 1. The molecule has 2 saturated heterocycles. The van der Waals surface area contributed by atoms with E-state index in [4.69, 9.17) is 0 Å². The topological polar surface area (TPSA) is 105 Å². The van der Waals surface area contributed by atoms with Crippen molar-refractivity contribution in [2.45, 2.75) is 24.2 Å². The van der Waals surface area contributed by atoms with E-state index in [1.54, 1.807) is 11.8 Å². The summed E-state index contributed by atoms with van der Waals surface area (Å²) in [6.45, 7) is 0.920. The van der Waals surface area contributed by atoms with Crippen molar-refractivity contribution in [3.8, 4) is 0 Å². The van der Waals surface area contributed by atoms with Gasteiger partial charge in [-0.15, -0.1) is 0 Å². The van der Waals surface area contributed by atoms with Crippen LogP contribution in [-0.2, 0) is 10.0 Å². The summed E-state index contributed by atoms with van der Waals surface area (Å²) in [7, 11) is -3.68. The lowest BCUT2D eigenvalue weighted by Gasteiger charge is -2.15. The molecular weight excluding hydrogens is 352 g/mol. The average molecular weight is 370 g/mol. The largest absolute Gasteiger partial charge is 0.295 e. The number of nitrogens with one attached hydrogen (secondary N) is 1. The van der Waals surface area contributed by atoms with Crippen LogP contribution >= 0.6 is 11.8 Å². The van der Waals surface area contributed by atoms with E-state index in [1.807, 2.05) is 0 Å². The van der Waals surface area contributed by atoms with Crippen LogP contribution in [0.25, 0.3) is 0 Å². The van der Waals surface area contributed by atoms with Gasteiger partial charge in [-0.3, -0.25) is 15.5 Å². The van der Waals surface area contributed by atoms with Crippen LogP contribution in [0.2, 0.25) is 0 Å². The highest BCUT2D eigenvalue weighted by molar-refractivity contribution is 8.00. The lowest BCUT2D eigenvalue weighted by atomic mass is 10.3. The maximum absolute atomic E-state index is 12.5. The Kier molecular flexibility index (Phi) is 5.07. The van der Waals surface area contributed by atoms with Gasteiger partial charge in [0, 0.05) is 30.6 Å². The summed E-state index contributed by atoms with van der Waals surface area (Å²) in [5.74, 6) is 1.80. The number of nitro benzene ring substituents is 1. The Morgan fingerprint density at radius 3 is 2.67 bits per heavy atom. The fraction of sp³-hybridized carbons (Fsp3) is 0.500. The predicted octanol–water partition coefficient (Wildman–Crippen LogP) is 2.28. The number of hydrogen-bond acceptors (Lipinski definition) is 7. The molecule has 0 bridgehead atoms. The molecular formula is C14H18N4O4S2. The number of nitro groups is 1. The van der Waals surface area contributed by atoms with E-state index in [0.717, 1.165) is 42.5 Å². The molecule has 2 aliphatic heterocycles. The minimum Gasteiger partial charge on any atom is -0.272 e. The molecule has 2 aliphatic rings. The summed E-state index contributed by atoms with van der Waals surface area (Å²) in [6.07, 6.45) is 2.49. The molecule has 0 spiro atoms. The number of sulfonamides is 1. The molecule has 0 unspecified atom stereocenters. The Balaban J connectivity index is 1.89. The van der Waals surface area contributed by atoms with Crippen molar-refractivity contribution in [1.82, 2.24) is 4.31 Å². The maximum atomic E-state index is 12.5. The fourth-order valence-corrected chi connectivity index (χ4v) is 5.18. The third-order valence-corrected chi connectivity index (χ3v) is 6.93. The molecule has 1 aromatic rings. The van der Waals surface area contributed by atoms with Crippen LogP contribution in [0.3, 0.4) is 0 Å². The van der Waals surface area contributed by atoms with Gasteiger partial charge >= 0.3 is 0 Å². The van der Waals surface area contributed by atoms with Gasteiger partial charge in [0.05, 0.1) is 9.82 Å². The summed E-state index contributed by atoms with van der Waals surface area (Å²) in [5.41, 5.74) is 3.57. The molecule has 1 N–H and O–H groups in total. The molecule has 130 valence electrons. The van der Waals surface area contributed by atoms with E-state index in [0.29, 0.717) is 13.1 Å². The predicted molar refractivity (Wildman–Crippen MR) is 94.1 cm³/mol. The van der Waals surface area contributed by atoms with Gasteiger partial charge in [-0.25, -0.2) is 8.42 Å². The van der Waals surface area contributed by atoms with Crippen LogP contribution in [0.4, 0.5) is 11.4 Å². The number of rotatable bonds is 5. The van der Waals surface area contributed by atoms with Crippen LogP contribution in [0.5, 0.6) is 0 Å². The van der Waals surface area contributed by atoms with Gasteiger partial charge in [-0.2, -0.15) is 21.2 Å². The second-order valence-electron chi connectivity index (χ2n) is 5.64. The quantitative estimate of drug-likeness (QED) is 0.630. The second kappa shape index (κ2) is 7.08. The molecule has 1 aromatic carbocycles. The summed E-state index contributed by atoms with van der Waals surface area (Å²) in [5, 5.41) is 15.5. The number of thioether (sulfide) groups is 1. The molecule has 0 radical (unpaired) electrons. The first-order valence-electron chi connectivity index (χ1n) is 7.66. The zero-order valence-corrected chi connectivity index (χ0v) is 14.6. The monoisotopic (exact) mass is 370 g/mol. The zero-order chi connectivity index (χ0) is 17.2. The van der Waals surface area contributed by atoms with Crippen molar-refractivity contribution in [3.05, 3.63) is 28.3 Å². The average Bonchev–Trinajstić information content (AvgIpc) is 3.26. The highest BCUT2D eigenvalue weighted by Crippen LogP contribution is 2.30. The smallest absolute Gasteiger partial charge is 0.272 e.